The van der Waals surface area contributed by atoms with Crippen LogP contribution in [-0.2, 0) is 4.79 Å². The summed E-state index contributed by atoms with van der Waals surface area (Å²) in [7, 11) is 0. The molecular weight excluding hydrogens is 274 g/mol. The van der Waals surface area contributed by atoms with Crippen LogP contribution >= 0.6 is 0 Å². The molecule has 3 aromatic rings. The summed E-state index contributed by atoms with van der Waals surface area (Å²) in [5.74, 6) is 0.364. The van der Waals surface area contributed by atoms with Crippen LogP contribution in [-0.4, -0.2) is 10.4 Å². The van der Waals surface area contributed by atoms with Gasteiger partial charge in [0.1, 0.15) is 0 Å². The van der Waals surface area contributed by atoms with Gasteiger partial charge in [-0.05, 0) is 38.5 Å². The zero-order chi connectivity index (χ0) is 15.7. The van der Waals surface area contributed by atoms with Crippen molar-refractivity contribution in [2.24, 2.45) is 5.41 Å². The normalized spacial score (nSPS) is 11.6. The lowest BCUT2D eigenvalue weighted by molar-refractivity contribution is -0.142. The van der Waals surface area contributed by atoms with Crippen molar-refractivity contribution >= 4 is 11.5 Å². The Balaban J connectivity index is 2.11. The van der Waals surface area contributed by atoms with Crippen molar-refractivity contribution in [3.05, 3.63) is 60.8 Å². The maximum Gasteiger partial charge on any atom is 0.316 e. The Labute approximate surface area is 130 Å². The van der Waals surface area contributed by atoms with Gasteiger partial charge in [-0.25, -0.2) is 0 Å². The van der Waals surface area contributed by atoms with E-state index in [0.717, 1.165) is 16.8 Å². The number of benzene rings is 1. The lowest BCUT2D eigenvalue weighted by Gasteiger charge is -2.15. The molecule has 0 unspecified atom stereocenters. The number of aromatic nitrogens is 1. The molecule has 0 aliphatic carbocycles. The van der Waals surface area contributed by atoms with Crippen molar-refractivity contribution in [3.63, 3.8) is 0 Å². The monoisotopic (exact) mass is 293 g/mol. The van der Waals surface area contributed by atoms with Gasteiger partial charge < -0.3 is 9.14 Å². The molecule has 0 amide bonds. The molecule has 3 rings (SSSR count). The van der Waals surface area contributed by atoms with E-state index in [0.29, 0.717) is 5.75 Å². The van der Waals surface area contributed by atoms with Gasteiger partial charge in [-0.15, -0.1) is 0 Å². The number of hydrogen-bond donors (Lipinski definition) is 0. The highest BCUT2D eigenvalue weighted by molar-refractivity contribution is 5.82. The summed E-state index contributed by atoms with van der Waals surface area (Å²) in [5.41, 5.74) is 2.45. The van der Waals surface area contributed by atoms with Crippen molar-refractivity contribution in [2.75, 3.05) is 0 Å². The van der Waals surface area contributed by atoms with Crippen LogP contribution in [0.25, 0.3) is 16.8 Å². The topological polar surface area (TPSA) is 30.7 Å². The van der Waals surface area contributed by atoms with Gasteiger partial charge in [0.15, 0.2) is 5.75 Å². The fourth-order valence-corrected chi connectivity index (χ4v) is 2.29. The molecule has 0 spiro atoms. The Morgan fingerprint density at radius 3 is 2.36 bits per heavy atom. The molecule has 0 bridgehead atoms. The van der Waals surface area contributed by atoms with E-state index in [-0.39, 0.29) is 5.97 Å². The second-order valence-corrected chi connectivity index (χ2v) is 6.36. The zero-order valence-corrected chi connectivity index (χ0v) is 13.0. The van der Waals surface area contributed by atoms with Gasteiger partial charge in [-0.3, -0.25) is 4.79 Å². The molecule has 2 heterocycles. The molecular formula is C19H19NO2. The fourth-order valence-electron chi connectivity index (χ4n) is 2.29. The van der Waals surface area contributed by atoms with E-state index in [1.807, 2.05) is 86.0 Å². The standard InChI is InChI=1S/C19H19NO2/c1-19(2,3)18(21)22-17-13-16(14-9-5-4-6-10-14)20-12-8-7-11-15(17)20/h4-13H,1-3H3. The average molecular weight is 293 g/mol. The summed E-state index contributed by atoms with van der Waals surface area (Å²) in [6.45, 7) is 5.56. The minimum absolute atomic E-state index is 0.233. The molecule has 0 saturated heterocycles. The van der Waals surface area contributed by atoms with Gasteiger partial charge in [-0.2, -0.15) is 0 Å². The van der Waals surface area contributed by atoms with Gasteiger partial charge in [0.2, 0.25) is 0 Å². The van der Waals surface area contributed by atoms with Crippen molar-refractivity contribution in [1.29, 1.82) is 0 Å². The maximum atomic E-state index is 12.2. The van der Waals surface area contributed by atoms with E-state index in [9.17, 15) is 4.79 Å². The van der Waals surface area contributed by atoms with Crippen molar-refractivity contribution in [1.82, 2.24) is 4.40 Å². The summed E-state index contributed by atoms with van der Waals surface area (Å²) >= 11 is 0. The van der Waals surface area contributed by atoms with Gasteiger partial charge in [0.05, 0.1) is 16.6 Å². The van der Waals surface area contributed by atoms with Gasteiger partial charge in [-0.1, -0.05) is 36.4 Å². The summed E-state index contributed by atoms with van der Waals surface area (Å²) < 4.78 is 7.68. The first kappa shape index (κ1) is 14.4. The number of ether oxygens (including phenoxy) is 1. The number of nitrogens with zero attached hydrogens (tertiary/aromatic N) is 1. The molecule has 3 heteroatoms. The Morgan fingerprint density at radius 2 is 1.68 bits per heavy atom. The van der Waals surface area contributed by atoms with Crippen LogP contribution < -0.4 is 4.74 Å². The third kappa shape index (κ3) is 2.62. The third-order valence-electron chi connectivity index (χ3n) is 3.52. The molecule has 0 aliphatic rings. The van der Waals surface area contributed by atoms with Gasteiger partial charge in [0, 0.05) is 12.3 Å². The number of carbonyl (C=O) groups excluding carboxylic acids is 1. The second-order valence-electron chi connectivity index (χ2n) is 6.36. The van der Waals surface area contributed by atoms with Gasteiger partial charge >= 0.3 is 5.97 Å². The molecule has 0 radical (unpaired) electrons. The molecule has 22 heavy (non-hydrogen) atoms. The van der Waals surface area contributed by atoms with E-state index in [1.165, 1.54) is 0 Å². The predicted molar refractivity (Wildman–Crippen MR) is 87.9 cm³/mol. The van der Waals surface area contributed by atoms with Crippen LogP contribution in [0, 0.1) is 5.41 Å². The second kappa shape index (κ2) is 5.34. The number of esters is 1. The first-order valence-corrected chi connectivity index (χ1v) is 7.34. The number of rotatable bonds is 2. The van der Waals surface area contributed by atoms with Crippen molar-refractivity contribution in [3.8, 4) is 17.0 Å². The Hall–Kier alpha value is -2.55. The van der Waals surface area contributed by atoms with Crippen LogP contribution in [0.15, 0.2) is 60.8 Å². The minimum atomic E-state index is -0.532. The van der Waals surface area contributed by atoms with Crippen LogP contribution in [0.5, 0.6) is 5.75 Å². The van der Waals surface area contributed by atoms with E-state index >= 15 is 0 Å². The first-order chi connectivity index (χ1) is 10.5. The minimum Gasteiger partial charge on any atom is -0.424 e. The molecule has 112 valence electrons. The molecule has 0 fully saturated rings. The zero-order valence-electron chi connectivity index (χ0n) is 13.0. The molecule has 0 N–H and O–H groups in total. The SMILES string of the molecule is CC(C)(C)C(=O)Oc1cc(-c2ccccc2)n2ccccc12. The van der Waals surface area contributed by atoms with Crippen LogP contribution in [0.2, 0.25) is 0 Å². The number of carbonyl (C=O) groups is 1. The van der Waals surface area contributed by atoms with Gasteiger partial charge in [0.25, 0.3) is 0 Å². The lowest BCUT2D eigenvalue weighted by Crippen LogP contribution is -2.25. The smallest absolute Gasteiger partial charge is 0.316 e. The molecule has 0 atom stereocenters. The average Bonchev–Trinajstić information content (AvgIpc) is 2.86. The molecule has 0 aliphatic heterocycles. The Kier molecular flexibility index (Phi) is 3.49. The van der Waals surface area contributed by atoms with Crippen molar-refractivity contribution in [2.45, 2.75) is 20.8 Å². The summed E-state index contributed by atoms with van der Waals surface area (Å²) in [5, 5.41) is 0. The molecule has 2 aromatic heterocycles. The molecule has 1 aromatic carbocycles. The first-order valence-electron chi connectivity index (χ1n) is 7.34. The third-order valence-corrected chi connectivity index (χ3v) is 3.52. The lowest BCUT2D eigenvalue weighted by atomic mass is 9.97. The van der Waals surface area contributed by atoms with E-state index in [2.05, 4.69) is 0 Å². The van der Waals surface area contributed by atoms with E-state index in [1.54, 1.807) is 0 Å². The number of pyridine rings is 1. The Morgan fingerprint density at radius 1 is 1.00 bits per heavy atom. The summed E-state index contributed by atoms with van der Waals surface area (Å²) in [4.78, 5) is 12.2. The largest absolute Gasteiger partial charge is 0.424 e. The summed E-state index contributed by atoms with van der Waals surface area (Å²) in [6.07, 6.45) is 1.98. The van der Waals surface area contributed by atoms with Crippen LogP contribution in [0.3, 0.4) is 0 Å². The van der Waals surface area contributed by atoms with Crippen LogP contribution in [0.4, 0.5) is 0 Å². The van der Waals surface area contributed by atoms with E-state index < -0.39 is 5.41 Å². The predicted octanol–water partition coefficient (Wildman–Crippen LogP) is 4.56. The van der Waals surface area contributed by atoms with E-state index in [4.69, 9.17) is 4.74 Å². The summed E-state index contributed by atoms with van der Waals surface area (Å²) in [6, 6.07) is 17.9. The highest BCUT2D eigenvalue weighted by atomic mass is 16.5. The molecule has 0 saturated carbocycles. The van der Waals surface area contributed by atoms with Crippen LogP contribution in [0.1, 0.15) is 20.8 Å². The highest BCUT2D eigenvalue weighted by Crippen LogP contribution is 2.32. The number of fused-ring (bicyclic) bond motifs is 1. The maximum absolute atomic E-state index is 12.2. The quantitative estimate of drug-likeness (QED) is 0.649. The highest BCUT2D eigenvalue weighted by Gasteiger charge is 2.25. The molecule has 3 nitrogen and oxygen atoms in total. The van der Waals surface area contributed by atoms with Crippen molar-refractivity contribution < 1.29 is 9.53 Å². The fraction of sp³-hybridized carbons (Fsp3) is 0.211. The number of hydrogen-bond acceptors (Lipinski definition) is 2. The Bertz CT molecular complexity index is 810.